The molecule has 1 aliphatic heterocycles. The maximum absolute atomic E-state index is 12.6. The molecule has 0 bridgehead atoms. The Labute approximate surface area is 189 Å². The molecule has 2 amide bonds. The van der Waals surface area contributed by atoms with E-state index in [-0.39, 0.29) is 21.8 Å². The lowest BCUT2D eigenvalue weighted by Crippen LogP contribution is -2.54. The molecule has 2 unspecified atom stereocenters. The third kappa shape index (κ3) is 8.18. The van der Waals surface area contributed by atoms with Crippen LogP contribution in [0.3, 0.4) is 0 Å². The molecule has 0 radical (unpaired) electrons. The first-order chi connectivity index (χ1) is 13.9. The number of thioether (sulfide) groups is 1. The number of carbonyl (C=O) groups excluding carboxylic acids is 2. The van der Waals surface area contributed by atoms with Crippen molar-refractivity contribution in [2.24, 2.45) is 0 Å². The Bertz CT molecular complexity index is 733. The van der Waals surface area contributed by atoms with Crippen molar-refractivity contribution in [2.45, 2.75) is 31.4 Å². The average molecular weight is 479 g/mol. The molecule has 29 heavy (non-hydrogen) atoms. The number of hydrogen-bond donors (Lipinski definition) is 4. The van der Waals surface area contributed by atoms with Gasteiger partial charge < -0.3 is 15.4 Å². The van der Waals surface area contributed by atoms with Crippen LogP contribution in [0.4, 0.5) is 0 Å². The standard InChI is InChI=1S/C18H24Cl2N4O3S2/c1-29-8-6-15(22-16(25)13-5-4-11(19)9-14(13)20)17(26)23-24-18(28)21-10-12-3-2-7-27-12/h4-5,9,12,15H,2-3,6-8,10H2,1H3,(H,22,25)(H,23,26)(H2,21,24,28). The van der Waals surface area contributed by atoms with Crippen LogP contribution in [0.15, 0.2) is 18.2 Å². The van der Waals surface area contributed by atoms with E-state index in [9.17, 15) is 9.59 Å². The molecule has 1 heterocycles. The molecule has 160 valence electrons. The van der Waals surface area contributed by atoms with Crippen LogP contribution in [-0.4, -0.2) is 54.2 Å². The van der Waals surface area contributed by atoms with Crippen molar-refractivity contribution in [3.8, 4) is 0 Å². The van der Waals surface area contributed by atoms with Gasteiger partial charge in [-0.2, -0.15) is 11.8 Å². The summed E-state index contributed by atoms with van der Waals surface area (Å²) in [5.74, 6) is -0.167. The van der Waals surface area contributed by atoms with E-state index in [0.29, 0.717) is 23.7 Å². The first-order valence-corrected chi connectivity index (χ1v) is 11.7. The van der Waals surface area contributed by atoms with Gasteiger partial charge in [0.25, 0.3) is 11.8 Å². The zero-order valence-corrected chi connectivity index (χ0v) is 19.1. The molecule has 1 aromatic rings. The molecule has 0 aliphatic carbocycles. The monoisotopic (exact) mass is 478 g/mol. The van der Waals surface area contributed by atoms with Crippen LogP contribution in [-0.2, 0) is 9.53 Å². The summed E-state index contributed by atoms with van der Waals surface area (Å²) in [6.07, 6.45) is 4.52. The summed E-state index contributed by atoms with van der Waals surface area (Å²) >= 11 is 18.7. The van der Waals surface area contributed by atoms with Gasteiger partial charge in [-0.05, 0) is 61.7 Å². The fourth-order valence-electron chi connectivity index (χ4n) is 2.68. The largest absolute Gasteiger partial charge is 0.376 e. The minimum absolute atomic E-state index is 0.128. The Morgan fingerprint density at radius 1 is 1.34 bits per heavy atom. The van der Waals surface area contributed by atoms with Gasteiger partial charge in [0.05, 0.1) is 16.7 Å². The van der Waals surface area contributed by atoms with E-state index in [2.05, 4.69) is 21.5 Å². The third-order valence-corrected chi connectivity index (χ3v) is 5.66. The predicted molar refractivity (Wildman–Crippen MR) is 122 cm³/mol. The van der Waals surface area contributed by atoms with Crippen molar-refractivity contribution >= 4 is 64.1 Å². The highest BCUT2D eigenvalue weighted by molar-refractivity contribution is 7.98. The van der Waals surface area contributed by atoms with Gasteiger partial charge in [-0.3, -0.25) is 20.4 Å². The summed E-state index contributed by atoms with van der Waals surface area (Å²) in [5.41, 5.74) is 5.44. The molecule has 0 spiro atoms. The van der Waals surface area contributed by atoms with Crippen molar-refractivity contribution in [3.63, 3.8) is 0 Å². The number of amides is 2. The number of nitrogens with one attached hydrogen (secondary N) is 4. The van der Waals surface area contributed by atoms with Gasteiger partial charge >= 0.3 is 0 Å². The minimum Gasteiger partial charge on any atom is -0.376 e. The maximum Gasteiger partial charge on any atom is 0.260 e. The smallest absolute Gasteiger partial charge is 0.260 e. The summed E-state index contributed by atoms with van der Waals surface area (Å²) in [5, 5.41) is 6.64. The Morgan fingerprint density at radius 3 is 2.79 bits per heavy atom. The molecule has 4 N–H and O–H groups in total. The van der Waals surface area contributed by atoms with E-state index in [1.165, 1.54) is 12.1 Å². The molecular formula is C18H24Cl2N4O3S2. The number of benzene rings is 1. The number of hydrazine groups is 1. The van der Waals surface area contributed by atoms with Gasteiger partial charge in [0.1, 0.15) is 6.04 Å². The van der Waals surface area contributed by atoms with Crippen LogP contribution in [0.5, 0.6) is 0 Å². The first-order valence-electron chi connectivity index (χ1n) is 9.11. The zero-order chi connectivity index (χ0) is 21.2. The first kappa shape index (κ1) is 24.0. The second kappa shape index (κ2) is 12.4. The second-order valence-corrected chi connectivity index (χ2v) is 8.63. The van der Waals surface area contributed by atoms with Gasteiger partial charge in [0.2, 0.25) is 0 Å². The summed E-state index contributed by atoms with van der Waals surface area (Å²) in [7, 11) is 0. The molecule has 1 aromatic carbocycles. The van der Waals surface area contributed by atoms with Crippen molar-refractivity contribution in [1.29, 1.82) is 0 Å². The van der Waals surface area contributed by atoms with Crippen LogP contribution in [0.1, 0.15) is 29.6 Å². The summed E-state index contributed by atoms with van der Waals surface area (Å²) in [6.45, 7) is 1.33. The predicted octanol–water partition coefficient (Wildman–Crippen LogP) is 2.52. The molecule has 2 rings (SSSR count). The summed E-state index contributed by atoms with van der Waals surface area (Å²) in [4.78, 5) is 25.1. The van der Waals surface area contributed by atoms with Crippen molar-refractivity contribution in [1.82, 2.24) is 21.5 Å². The third-order valence-electron chi connectivity index (χ3n) is 4.22. The Hall–Kier alpha value is -1.26. The number of hydrogen-bond acceptors (Lipinski definition) is 5. The van der Waals surface area contributed by atoms with Crippen LogP contribution in [0.25, 0.3) is 0 Å². The van der Waals surface area contributed by atoms with Crippen LogP contribution >= 0.6 is 47.2 Å². The van der Waals surface area contributed by atoms with Gasteiger partial charge in [0.15, 0.2) is 5.11 Å². The summed E-state index contributed by atoms with van der Waals surface area (Å²) in [6, 6.07) is 3.81. The quantitative estimate of drug-likeness (QED) is 0.337. The lowest BCUT2D eigenvalue weighted by molar-refractivity contribution is -0.123. The van der Waals surface area contributed by atoms with E-state index in [1.807, 2.05) is 6.26 Å². The van der Waals surface area contributed by atoms with Crippen molar-refractivity contribution in [2.75, 3.05) is 25.2 Å². The van der Waals surface area contributed by atoms with E-state index in [1.54, 1.807) is 17.8 Å². The Morgan fingerprint density at radius 2 is 2.14 bits per heavy atom. The molecule has 1 saturated heterocycles. The highest BCUT2D eigenvalue weighted by Gasteiger charge is 2.23. The van der Waals surface area contributed by atoms with Crippen LogP contribution < -0.4 is 21.5 Å². The molecule has 7 nitrogen and oxygen atoms in total. The fourth-order valence-corrected chi connectivity index (χ4v) is 3.78. The lowest BCUT2D eigenvalue weighted by Gasteiger charge is -2.20. The van der Waals surface area contributed by atoms with Crippen LogP contribution in [0.2, 0.25) is 10.0 Å². The SMILES string of the molecule is CSCCC(NC(=O)c1ccc(Cl)cc1Cl)C(=O)NNC(=S)NCC1CCCO1. The molecular weight excluding hydrogens is 455 g/mol. The zero-order valence-electron chi connectivity index (χ0n) is 15.9. The lowest BCUT2D eigenvalue weighted by atomic mass is 10.1. The van der Waals surface area contributed by atoms with E-state index < -0.39 is 17.9 Å². The number of thiocarbonyl (C=S) groups is 1. The fraction of sp³-hybridized carbons (Fsp3) is 0.500. The highest BCUT2D eigenvalue weighted by Crippen LogP contribution is 2.21. The molecule has 0 aromatic heterocycles. The van der Waals surface area contributed by atoms with Gasteiger partial charge in [-0.1, -0.05) is 23.2 Å². The summed E-state index contributed by atoms with van der Waals surface area (Å²) < 4.78 is 5.51. The number of carbonyl (C=O) groups is 2. The number of halogens is 2. The highest BCUT2D eigenvalue weighted by atomic mass is 35.5. The topological polar surface area (TPSA) is 91.5 Å². The molecule has 1 aliphatic rings. The average Bonchev–Trinajstić information content (AvgIpc) is 3.21. The molecule has 1 fully saturated rings. The van der Waals surface area contributed by atoms with Gasteiger partial charge in [0, 0.05) is 18.2 Å². The van der Waals surface area contributed by atoms with Gasteiger partial charge in [-0.25, -0.2) is 0 Å². The number of rotatable bonds is 8. The Kier molecular flexibility index (Phi) is 10.3. The van der Waals surface area contributed by atoms with E-state index in [0.717, 1.165) is 19.4 Å². The normalized spacial score (nSPS) is 16.7. The van der Waals surface area contributed by atoms with E-state index in [4.69, 9.17) is 40.2 Å². The van der Waals surface area contributed by atoms with Gasteiger partial charge in [-0.15, -0.1) is 0 Å². The van der Waals surface area contributed by atoms with E-state index >= 15 is 0 Å². The van der Waals surface area contributed by atoms with Crippen LogP contribution in [0, 0.1) is 0 Å². The minimum atomic E-state index is -0.754. The Balaban J connectivity index is 1.87. The molecule has 2 atom stereocenters. The second-order valence-electron chi connectivity index (χ2n) is 6.39. The maximum atomic E-state index is 12.6. The van der Waals surface area contributed by atoms with Crippen molar-refractivity contribution in [3.05, 3.63) is 33.8 Å². The van der Waals surface area contributed by atoms with Crippen molar-refractivity contribution < 1.29 is 14.3 Å². The molecule has 11 heteroatoms. The number of ether oxygens (including phenoxy) is 1. The molecule has 0 saturated carbocycles.